The van der Waals surface area contributed by atoms with E-state index in [0.717, 1.165) is 12.0 Å². The van der Waals surface area contributed by atoms with Crippen LogP contribution in [0.15, 0.2) is 24.3 Å². The summed E-state index contributed by atoms with van der Waals surface area (Å²) < 4.78 is 0. The van der Waals surface area contributed by atoms with E-state index in [1.165, 1.54) is 31.2 Å². The molecule has 0 bridgehead atoms. The van der Waals surface area contributed by atoms with Gasteiger partial charge in [0.15, 0.2) is 0 Å². The van der Waals surface area contributed by atoms with Gasteiger partial charge in [-0.05, 0) is 30.4 Å². The van der Waals surface area contributed by atoms with Crippen LogP contribution in [0, 0.1) is 0 Å². The maximum absolute atomic E-state index is 10.4. The Morgan fingerprint density at radius 2 is 1.84 bits per heavy atom. The van der Waals surface area contributed by atoms with Crippen LogP contribution in [0.4, 0.5) is 0 Å². The largest absolute Gasteiger partial charge is 0.481 e. The minimum absolute atomic E-state index is 0.0000636. The highest BCUT2D eigenvalue weighted by Gasteiger charge is 2.09. The predicted octanol–water partition coefficient (Wildman–Crippen LogP) is 3.71. The van der Waals surface area contributed by atoms with Crippen molar-refractivity contribution in [3.63, 3.8) is 0 Å². The molecule has 106 valence electrons. The van der Waals surface area contributed by atoms with Gasteiger partial charge in [-0.2, -0.15) is 0 Å². The summed E-state index contributed by atoms with van der Waals surface area (Å²) in [5.41, 5.74) is 2.09. The SMILES string of the molecule is CCCCCCc1ccc(C(O)CCC(=O)O)cc1. The molecular weight excluding hydrogens is 240 g/mol. The zero-order valence-corrected chi connectivity index (χ0v) is 11.6. The van der Waals surface area contributed by atoms with Crippen LogP contribution in [0.1, 0.15) is 62.7 Å². The quantitative estimate of drug-likeness (QED) is 0.668. The molecule has 0 spiro atoms. The van der Waals surface area contributed by atoms with E-state index >= 15 is 0 Å². The van der Waals surface area contributed by atoms with E-state index in [9.17, 15) is 9.90 Å². The normalized spacial score (nSPS) is 12.3. The Morgan fingerprint density at radius 1 is 1.16 bits per heavy atom. The van der Waals surface area contributed by atoms with Crippen LogP contribution in [-0.2, 0) is 11.2 Å². The predicted molar refractivity (Wildman–Crippen MR) is 76.1 cm³/mol. The first-order valence-electron chi connectivity index (χ1n) is 7.12. The topological polar surface area (TPSA) is 57.5 Å². The number of aryl methyl sites for hydroxylation is 1. The number of carboxylic acids is 1. The van der Waals surface area contributed by atoms with E-state index in [1.807, 2.05) is 24.3 Å². The fourth-order valence-electron chi connectivity index (χ4n) is 2.09. The van der Waals surface area contributed by atoms with E-state index in [1.54, 1.807) is 0 Å². The summed E-state index contributed by atoms with van der Waals surface area (Å²) in [4.78, 5) is 10.4. The number of aliphatic carboxylic acids is 1. The molecule has 0 aliphatic heterocycles. The smallest absolute Gasteiger partial charge is 0.303 e. The van der Waals surface area contributed by atoms with E-state index in [-0.39, 0.29) is 12.8 Å². The summed E-state index contributed by atoms with van der Waals surface area (Å²) in [6, 6.07) is 7.87. The average molecular weight is 264 g/mol. The molecule has 1 aromatic carbocycles. The van der Waals surface area contributed by atoms with Crippen molar-refractivity contribution in [2.45, 2.75) is 58.0 Å². The van der Waals surface area contributed by atoms with E-state index in [2.05, 4.69) is 6.92 Å². The first-order chi connectivity index (χ1) is 9.13. The number of rotatable bonds is 9. The monoisotopic (exact) mass is 264 g/mol. The molecule has 0 amide bonds. The van der Waals surface area contributed by atoms with Gasteiger partial charge in [-0.1, -0.05) is 50.5 Å². The van der Waals surface area contributed by atoms with Gasteiger partial charge < -0.3 is 10.2 Å². The molecule has 0 aromatic heterocycles. The molecule has 0 aliphatic rings. The van der Waals surface area contributed by atoms with Crippen LogP contribution in [0.3, 0.4) is 0 Å². The summed E-state index contributed by atoms with van der Waals surface area (Å²) in [7, 11) is 0. The lowest BCUT2D eigenvalue weighted by atomic mass is 10.0. The van der Waals surface area contributed by atoms with Crippen molar-refractivity contribution in [1.29, 1.82) is 0 Å². The molecule has 0 fully saturated rings. The molecule has 3 heteroatoms. The van der Waals surface area contributed by atoms with E-state index in [4.69, 9.17) is 5.11 Å². The number of hydrogen-bond donors (Lipinski definition) is 2. The Bertz CT molecular complexity index is 370. The molecule has 0 saturated heterocycles. The number of carboxylic acid groups (broad SMARTS) is 1. The minimum Gasteiger partial charge on any atom is -0.481 e. The van der Waals surface area contributed by atoms with Crippen molar-refractivity contribution in [1.82, 2.24) is 0 Å². The standard InChI is InChI=1S/C16H24O3/c1-2-3-4-5-6-13-7-9-14(10-8-13)15(17)11-12-16(18)19/h7-10,15,17H,2-6,11-12H2,1H3,(H,18,19). The molecule has 0 heterocycles. The fourth-order valence-corrected chi connectivity index (χ4v) is 2.09. The Kier molecular flexibility index (Phi) is 7.19. The molecule has 3 nitrogen and oxygen atoms in total. The lowest BCUT2D eigenvalue weighted by Gasteiger charge is -2.10. The van der Waals surface area contributed by atoms with Gasteiger partial charge in [0, 0.05) is 6.42 Å². The molecule has 1 aromatic rings. The molecule has 1 unspecified atom stereocenters. The van der Waals surface area contributed by atoms with Crippen LogP contribution >= 0.6 is 0 Å². The van der Waals surface area contributed by atoms with Crippen molar-refractivity contribution in [2.24, 2.45) is 0 Å². The second kappa shape index (κ2) is 8.70. The van der Waals surface area contributed by atoms with Crippen LogP contribution < -0.4 is 0 Å². The first-order valence-corrected chi connectivity index (χ1v) is 7.12. The minimum atomic E-state index is -0.869. The number of aliphatic hydroxyl groups excluding tert-OH is 1. The molecular formula is C16H24O3. The summed E-state index contributed by atoms with van der Waals surface area (Å²) >= 11 is 0. The van der Waals surface area contributed by atoms with Gasteiger partial charge in [-0.15, -0.1) is 0 Å². The van der Waals surface area contributed by atoms with Crippen LogP contribution in [0.5, 0.6) is 0 Å². The summed E-state index contributed by atoms with van der Waals surface area (Å²) in [6.07, 6.45) is 5.66. The summed E-state index contributed by atoms with van der Waals surface area (Å²) in [5.74, 6) is -0.869. The lowest BCUT2D eigenvalue weighted by molar-refractivity contribution is -0.137. The van der Waals surface area contributed by atoms with Gasteiger partial charge >= 0.3 is 5.97 Å². The zero-order valence-electron chi connectivity index (χ0n) is 11.6. The third kappa shape index (κ3) is 6.39. The molecule has 0 radical (unpaired) electrons. The number of aliphatic hydroxyl groups is 1. The van der Waals surface area contributed by atoms with Crippen LogP contribution in [0.25, 0.3) is 0 Å². The van der Waals surface area contributed by atoms with Crippen molar-refractivity contribution in [3.8, 4) is 0 Å². The summed E-state index contributed by atoms with van der Waals surface area (Å²) in [6.45, 7) is 2.20. The highest BCUT2D eigenvalue weighted by molar-refractivity contribution is 5.66. The zero-order chi connectivity index (χ0) is 14.1. The lowest BCUT2D eigenvalue weighted by Crippen LogP contribution is -2.02. The van der Waals surface area contributed by atoms with Crippen molar-refractivity contribution < 1.29 is 15.0 Å². The number of benzene rings is 1. The molecule has 1 rings (SSSR count). The molecule has 0 saturated carbocycles. The maximum Gasteiger partial charge on any atom is 0.303 e. The number of unbranched alkanes of at least 4 members (excludes halogenated alkanes) is 3. The van der Waals surface area contributed by atoms with Gasteiger partial charge in [0.1, 0.15) is 0 Å². The average Bonchev–Trinajstić information content (AvgIpc) is 2.41. The highest BCUT2D eigenvalue weighted by atomic mass is 16.4. The fraction of sp³-hybridized carbons (Fsp3) is 0.562. The highest BCUT2D eigenvalue weighted by Crippen LogP contribution is 2.19. The molecule has 2 N–H and O–H groups in total. The Morgan fingerprint density at radius 3 is 2.42 bits per heavy atom. The Hall–Kier alpha value is -1.35. The van der Waals surface area contributed by atoms with Gasteiger partial charge in [0.2, 0.25) is 0 Å². The van der Waals surface area contributed by atoms with Crippen molar-refractivity contribution in [2.75, 3.05) is 0 Å². The van der Waals surface area contributed by atoms with Crippen molar-refractivity contribution in [3.05, 3.63) is 35.4 Å². The molecule has 19 heavy (non-hydrogen) atoms. The Labute approximate surface area is 115 Å². The second-order valence-electron chi connectivity index (χ2n) is 5.00. The van der Waals surface area contributed by atoms with Gasteiger partial charge in [-0.25, -0.2) is 0 Å². The van der Waals surface area contributed by atoms with E-state index in [0.29, 0.717) is 0 Å². The second-order valence-corrected chi connectivity index (χ2v) is 5.00. The van der Waals surface area contributed by atoms with Gasteiger partial charge in [-0.3, -0.25) is 4.79 Å². The first kappa shape index (κ1) is 15.7. The number of carbonyl (C=O) groups is 1. The van der Waals surface area contributed by atoms with E-state index < -0.39 is 12.1 Å². The van der Waals surface area contributed by atoms with Gasteiger partial charge in [0.25, 0.3) is 0 Å². The van der Waals surface area contributed by atoms with Crippen LogP contribution in [0.2, 0.25) is 0 Å². The Balaban J connectivity index is 2.39. The van der Waals surface area contributed by atoms with Crippen LogP contribution in [-0.4, -0.2) is 16.2 Å². The number of hydrogen-bond acceptors (Lipinski definition) is 2. The summed E-state index contributed by atoms with van der Waals surface area (Å²) in [5, 5.41) is 18.4. The maximum atomic E-state index is 10.4. The third-order valence-corrected chi connectivity index (χ3v) is 3.32. The molecule has 0 aliphatic carbocycles. The van der Waals surface area contributed by atoms with Gasteiger partial charge in [0.05, 0.1) is 6.10 Å². The molecule has 1 atom stereocenters. The third-order valence-electron chi connectivity index (χ3n) is 3.32. The van der Waals surface area contributed by atoms with Crippen molar-refractivity contribution >= 4 is 5.97 Å².